The second-order valence-electron chi connectivity index (χ2n) is 1.74. The van der Waals surface area contributed by atoms with Crippen LogP contribution < -0.4 is 5.14 Å². The molecule has 7 heavy (non-hydrogen) atoms. The lowest BCUT2D eigenvalue weighted by atomic mass is 10.5. The summed E-state index contributed by atoms with van der Waals surface area (Å²) in [4.78, 5) is 0. The van der Waals surface area contributed by atoms with E-state index in [1.165, 1.54) is 0 Å². The molecule has 2 nitrogen and oxygen atoms in total. The number of thiol groups is 1. The minimum atomic E-state index is -1.32. The Balaban J connectivity index is 3.79. The molecule has 0 aromatic heterocycles. The number of rotatable bonds is 1. The summed E-state index contributed by atoms with van der Waals surface area (Å²) in [6.07, 6.45) is 0. The molecule has 44 valence electrons. The summed E-state index contributed by atoms with van der Waals surface area (Å²) in [5, 5.41) is 4.97. The molecule has 0 aliphatic heterocycles. The summed E-state index contributed by atoms with van der Waals surface area (Å²) >= 11 is 3.92. The SMILES string of the molecule is CC(C)(S)[S@](N)=O. The highest BCUT2D eigenvalue weighted by atomic mass is 32.2. The van der Waals surface area contributed by atoms with Gasteiger partial charge in [-0.15, -0.1) is 0 Å². The molecular weight excluding hydrogens is 130 g/mol. The van der Waals surface area contributed by atoms with Crippen LogP contribution in [-0.2, 0) is 11.0 Å². The minimum absolute atomic E-state index is 0.556. The molecule has 4 heteroatoms. The van der Waals surface area contributed by atoms with Crippen LogP contribution in [0.1, 0.15) is 13.8 Å². The van der Waals surface area contributed by atoms with E-state index in [1.807, 2.05) is 0 Å². The van der Waals surface area contributed by atoms with Crippen LogP contribution in [0.5, 0.6) is 0 Å². The zero-order chi connectivity index (χ0) is 6.08. The Morgan fingerprint density at radius 1 is 1.71 bits per heavy atom. The molecule has 0 bridgehead atoms. The van der Waals surface area contributed by atoms with Crippen LogP contribution in [0, 0.1) is 0 Å². The Morgan fingerprint density at radius 2 is 1.86 bits per heavy atom. The van der Waals surface area contributed by atoms with Gasteiger partial charge in [0.05, 0.1) is 4.08 Å². The van der Waals surface area contributed by atoms with E-state index in [1.54, 1.807) is 13.8 Å². The Morgan fingerprint density at radius 3 is 1.86 bits per heavy atom. The maximum absolute atomic E-state index is 10.3. The van der Waals surface area contributed by atoms with E-state index < -0.39 is 15.1 Å². The highest BCUT2D eigenvalue weighted by Gasteiger charge is 2.15. The van der Waals surface area contributed by atoms with Crippen LogP contribution in [0.4, 0.5) is 0 Å². The highest BCUT2D eigenvalue weighted by molar-refractivity contribution is 8.01. The van der Waals surface area contributed by atoms with E-state index in [0.717, 1.165) is 0 Å². The first-order chi connectivity index (χ1) is 2.94. The molecule has 0 radical (unpaired) electrons. The van der Waals surface area contributed by atoms with Crippen LogP contribution in [-0.4, -0.2) is 8.29 Å². The smallest absolute Gasteiger partial charge is 0.104 e. The van der Waals surface area contributed by atoms with E-state index in [9.17, 15) is 4.21 Å². The fourth-order valence-corrected chi connectivity index (χ4v) is 0. The van der Waals surface area contributed by atoms with Crippen molar-refractivity contribution >= 4 is 23.6 Å². The van der Waals surface area contributed by atoms with E-state index >= 15 is 0 Å². The van der Waals surface area contributed by atoms with Gasteiger partial charge in [-0.05, 0) is 13.8 Å². The molecule has 0 aliphatic rings. The van der Waals surface area contributed by atoms with E-state index in [-0.39, 0.29) is 0 Å². The maximum Gasteiger partial charge on any atom is 0.104 e. The largest absolute Gasteiger partial charge is 0.251 e. The van der Waals surface area contributed by atoms with Gasteiger partial charge in [0.15, 0.2) is 0 Å². The lowest BCUT2D eigenvalue weighted by Crippen LogP contribution is -2.24. The lowest BCUT2D eigenvalue weighted by molar-refractivity contribution is 0.674. The monoisotopic (exact) mass is 139 g/mol. The summed E-state index contributed by atoms with van der Waals surface area (Å²) in [5.74, 6) is 0. The molecule has 1 atom stereocenters. The van der Waals surface area contributed by atoms with Crippen LogP contribution in [0.15, 0.2) is 0 Å². The number of hydrogen-bond donors (Lipinski definition) is 2. The fourth-order valence-electron chi connectivity index (χ4n) is 0. The van der Waals surface area contributed by atoms with Crippen LogP contribution in [0.2, 0.25) is 0 Å². The summed E-state index contributed by atoms with van der Waals surface area (Å²) in [6.45, 7) is 3.40. The van der Waals surface area contributed by atoms with Gasteiger partial charge in [0.25, 0.3) is 0 Å². The third-order valence-corrected chi connectivity index (χ3v) is 2.02. The van der Waals surface area contributed by atoms with Crippen molar-refractivity contribution in [3.63, 3.8) is 0 Å². The second kappa shape index (κ2) is 2.15. The van der Waals surface area contributed by atoms with Crippen molar-refractivity contribution in [2.24, 2.45) is 5.14 Å². The molecule has 0 aromatic carbocycles. The van der Waals surface area contributed by atoms with Crippen LogP contribution >= 0.6 is 12.6 Å². The fraction of sp³-hybridized carbons (Fsp3) is 1.00. The maximum atomic E-state index is 10.3. The predicted octanol–water partition coefficient (Wildman–Crippen LogP) is 0.275. The summed E-state index contributed by atoms with van der Waals surface area (Å²) < 4.78 is 9.72. The minimum Gasteiger partial charge on any atom is -0.251 e. The third-order valence-electron chi connectivity index (χ3n) is 0.492. The Labute approximate surface area is 51.5 Å². The van der Waals surface area contributed by atoms with E-state index in [2.05, 4.69) is 12.6 Å². The van der Waals surface area contributed by atoms with Crippen LogP contribution in [0.3, 0.4) is 0 Å². The summed E-state index contributed by atoms with van der Waals surface area (Å²) in [6, 6.07) is 0. The van der Waals surface area contributed by atoms with Crippen molar-refractivity contribution < 1.29 is 4.21 Å². The number of nitrogens with two attached hydrogens (primary N) is 1. The van der Waals surface area contributed by atoms with Crippen molar-refractivity contribution in [1.29, 1.82) is 0 Å². The Hall–Kier alpha value is 0.460. The van der Waals surface area contributed by atoms with Gasteiger partial charge in [0.2, 0.25) is 0 Å². The van der Waals surface area contributed by atoms with E-state index in [4.69, 9.17) is 5.14 Å². The normalized spacial score (nSPS) is 16.6. The van der Waals surface area contributed by atoms with E-state index in [0.29, 0.717) is 0 Å². The van der Waals surface area contributed by atoms with Gasteiger partial charge in [-0.3, -0.25) is 5.14 Å². The van der Waals surface area contributed by atoms with Crippen molar-refractivity contribution in [3.05, 3.63) is 0 Å². The standard InChI is InChI=1S/C3H9NOS2/c1-3(2,6)7(4)5/h6H,4H2,1-2H3/t7-/m1/s1. The van der Waals surface area contributed by atoms with Gasteiger partial charge in [-0.25, -0.2) is 4.21 Å². The topological polar surface area (TPSA) is 43.1 Å². The summed E-state index contributed by atoms with van der Waals surface area (Å²) in [5.41, 5.74) is 0. The third kappa shape index (κ3) is 3.08. The average molecular weight is 139 g/mol. The van der Waals surface area contributed by atoms with Gasteiger partial charge >= 0.3 is 0 Å². The molecule has 0 aromatic rings. The zero-order valence-electron chi connectivity index (χ0n) is 4.34. The lowest BCUT2D eigenvalue weighted by Gasteiger charge is -2.10. The van der Waals surface area contributed by atoms with Gasteiger partial charge in [0.1, 0.15) is 11.0 Å². The highest BCUT2D eigenvalue weighted by Crippen LogP contribution is 2.12. The first kappa shape index (κ1) is 7.46. The van der Waals surface area contributed by atoms with Crippen molar-refractivity contribution in [2.45, 2.75) is 17.9 Å². The van der Waals surface area contributed by atoms with Gasteiger partial charge in [0, 0.05) is 0 Å². The molecule has 0 unspecified atom stereocenters. The molecule has 0 saturated heterocycles. The molecule has 2 N–H and O–H groups in total. The molecule has 0 rings (SSSR count). The van der Waals surface area contributed by atoms with Crippen molar-refractivity contribution in [2.75, 3.05) is 0 Å². The van der Waals surface area contributed by atoms with Gasteiger partial charge < -0.3 is 0 Å². The quantitative estimate of drug-likeness (QED) is 0.503. The molecular formula is C3H9NOS2. The molecule has 0 saturated carbocycles. The van der Waals surface area contributed by atoms with Gasteiger partial charge in [-0.2, -0.15) is 12.6 Å². The Kier molecular flexibility index (Phi) is 2.29. The molecule has 0 amide bonds. The van der Waals surface area contributed by atoms with Crippen molar-refractivity contribution in [1.82, 2.24) is 0 Å². The molecule has 0 spiro atoms. The molecule has 0 fully saturated rings. The summed E-state index contributed by atoms with van der Waals surface area (Å²) in [7, 11) is -1.32. The van der Waals surface area contributed by atoms with Gasteiger partial charge in [-0.1, -0.05) is 0 Å². The predicted molar refractivity (Wildman–Crippen MR) is 35.4 cm³/mol. The van der Waals surface area contributed by atoms with Crippen LogP contribution in [0.25, 0.3) is 0 Å². The second-order valence-corrected chi connectivity index (χ2v) is 4.78. The molecule has 0 aliphatic carbocycles. The number of hydrogen-bond acceptors (Lipinski definition) is 2. The average Bonchev–Trinajstić information content (AvgIpc) is 1.31. The Bertz CT molecular complexity index is 85.4. The van der Waals surface area contributed by atoms with Crippen molar-refractivity contribution in [3.8, 4) is 0 Å². The first-order valence-corrected chi connectivity index (χ1v) is 3.49. The molecule has 0 heterocycles. The first-order valence-electron chi connectivity index (χ1n) is 1.83. The zero-order valence-corrected chi connectivity index (χ0v) is 6.05.